The SMILES string of the molecule is O=S(=O)(N[C@@H]1CCCC[C@@H]1Nc1ccc(Br)cc1)c1ccc(Cl)cc1. The normalized spacial score (nSPS) is 21.0. The van der Waals surface area contributed by atoms with Crippen LogP contribution < -0.4 is 10.0 Å². The zero-order valence-corrected chi connectivity index (χ0v) is 16.7. The molecule has 1 aliphatic carbocycles. The molecule has 0 heterocycles. The van der Waals surface area contributed by atoms with Crippen LogP contribution in [0.15, 0.2) is 57.9 Å². The van der Waals surface area contributed by atoms with E-state index in [0.29, 0.717) is 5.02 Å². The van der Waals surface area contributed by atoms with Crippen molar-refractivity contribution >= 4 is 43.2 Å². The average molecular weight is 444 g/mol. The third-order valence-corrected chi connectivity index (χ3v) is 6.68. The maximum absolute atomic E-state index is 12.7. The molecule has 3 rings (SSSR count). The van der Waals surface area contributed by atoms with Gasteiger partial charge in [-0.25, -0.2) is 13.1 Å². The highest BCUT2D eigenvalue weighted by Crippen LogP contribution is 2.25. The second-order valence-corrected chi connectivity index (χ2v) is 9.29. The lowest BCUT2D eigenvalue weighted by molar-refractivity contribution is 0.378. The van der Waals surface area contributed by atoms with E-state index in [-0.39, 0.29) is 17.0 Å². The molecule has 1 saturated carbocycles. The zero-order valence-electron chi connectivity index (χ0n) is 13.6. The maximum atomic E-state index is 12.7. The molecule has 0 spiro atoms. The molecule has 0 unspecified atom stereocenters. The summed E-state index contributed by atoms with van der Waals surface area (Å²) < 4.78 is 29.2. The molecule has 2 aromatic carbocycles. The molecule has 4 nitrogen and oxygen atoms in total. The van der Waals surface area contributed by atoms with Crippen molar-refractivity contribution in [1.82, 2.24) is 4.72 Å². The number of anilines is 1. The van der Waals surface area contributed by atoms with Crippen LogP contribution in [-0.2, 0) is 10.0 Å². The minimum Gasteiger partial charge on any atom is -0.381 e. The van der Waals surface area contributed by atoms with Crippen LogP contribution in [0.1, 0.15) is 25.7 Å². The number of benzene rings is 2. The van der Waals surface area contributed by atoms with Gasteiger partial charge >= 0.3 is 0 Å². The van der Waals surface area contributed by atoms with E-state index >= 15 is 0 Å². The van der Waals surface area contributed by atoms with Crippen molar-refractivity contribution < 1.29 is 8.42 Å². The predicted molar refractivity (Wildman–Crippen MR) is 106 cm³/mol. The molecular formula is C18H20BrClN2O2S. The molecule has 7 heteroatoms. The van der Waals surface area contributed by atoms with Crippen molar-refractivity contribution in [2.24, 2.45) is 0 Å². The van der Waals surface area contributed by atoms with Crippen molar-refractivity contribution in [2.75, 3.05) is 5.32 Å². The first-order valence-corrected chi connectivity index (χ1v) is 10.9. The summed E-state index contributed by atoms with van der Waals surface area (Å²) in [6.07, 6.45) is 3.87. The van der Waals surface area contributed by atoms with Crippen LogP contribution in [0.3, 0.4) is 0 Å². The van der Waals surface area contributed by atoms with Gasteiger partial charge in [0.05, 0.1) is 4.90 Å². The second-order valence-electron chi connectivity index (χ2n) is 6.22. The van der Waals surface area contributed by atoms with Crippen LogP contribution >= 0.6 is 27.5 Å². The van der Waals surface area contributed by atoms with Gasteiger partial charge in [-0.2, -0.15) is 0 Å². The molecule has 2 N–H and O–H groups in total. The molecular weight excluding hydrogens is 424 g/mol. The molecule has 2 aromatic rings. The molecule has 1 aliphatic rings. The van der Waals surface area contributed by atoms with Crippen LogP contribution in [0.4, 0.5) is 5.69 Å². The van der Waals surface area contributed by atoms with Crippen LogP contribution in [-0.4, -0.2) is 20.5 Å². The monoisotopic (exact) mass is 442 g/mol. The molecule has 0 saturated heterocycles. The van der Waals surface area contributed by atoms with Gasteiger partial charge in [0.25, 0.3) is 0 Å². The molecule has 134 valence electrons. The number of hydrogen-bond acceptors (Lipinski definition) is 3. The average Bonchev–Trinajstić information content (AvgIpc) is 2.59. The summed E-state index contributed by atoms with van der Waals surface area (Å²) in [6.45, 7) is 0. The van der Waals surface area contributed by atoms with Gasteiger partial charge in [0.2, 0.25) is 10.0 Å². The Morgan fingerprint density at radius 1 is 0.920 bits per heavy atom. The van der Waals surface area contributed by atoms with Gasteiger partial charge in [-0.15, -0.1) is 0 Å². The number of rotatable bonds is 5. The minimum atomic E-state index is -3.56. The molecule has 0 aliphatic heterocycles. The second kappa shape index (κ2) is 8.08. The Morgan fingerprint density at radius 2 is 1.52 bits per heavy atom. The van der Waals surface area contributed by atoms with Crippen molar-refractivity contribution in [3.8, 4) is 0 Å². The molecule has 0 radical (unpaired) electrons. The Labute approximate surface area is 162 Å². The molecule has 0 aromatic heterocycles. The minimum absolute atomic E-state index is 0.0667. The zero-order chi connectivity index (χ0) is 17.9. The van der Waals surface area contributed by atoms with E-state index in [2.05, 4.69) is 26.0 Å². The summed E-state index contributed by atoms with van der Waals surface area (Å²) in [5, 5.41) is 3.99. The van der Waals surface area contributed by atoms with E-state index in [4.69, 9.17) is 11.6 Å². The van der Waals surface area contributed by atoms with Crippen molar-refractivity contribution in [3.63, 3.8) is 0 Å². The Kier molecular flexibility index (Phi) is 6.04. The van der Waals surface area contributed by atoms with Crippen molar-refractivity contribution in [1.29, 1.82) is 0 Å². The summed E-state index contributed by atoms with van der Waals surface area (Å²) in [4.78, 5) is 0.241. The van der Waals surface area contributed by atoms with Gasteiger partial charge in [-0.1, -0.05) is 40.4 Å². The third kappa shape index (κ3) is 4.97. The number of halogens is 2. The Bertz CT molecular complexity index is 810. The maximum Gasteiger partial charge on any atom is 0.240 e. The quantitative estimate of drug-likeness (QED) is 0.697. The fourth-order valence-electron chi connectivity index (χ4n) is 3.09. The number of sulfonamides is 1. The van der Waals surface area contributed by atoms with E-state index in [1.54, 1.807) is 12.1 Å². The highest BCUT2D eigenvalue weighted by molar-refractivity contribution is 9.10. The van der Waals surface area contributed by atoms with Gasteiger partial charge < -0.3 is 5.32 Å². The first kappa shape index (κ1) is 18.7. The van der Waals surface area contributed by atoms with Crippen LogP contribution in [0.25, 0.3) is 0 Å². The van der Waals surface area contributed by atoms with E-state index in [1.807, 2.05) is 24.3 Å². The molecule has 25 heavy (non-hydrogen) atoms. The molecule has 2 atom stereocenters. The fourth-order valence-corrected chi connectivity index (χ4v) is 4.79. The first-order valence-electron chi connectivity index (χ1n) is 8.24. The van der Waals surface area contributed by atoms with Crippen LogP contribution in [0.2, 0.25) is 5.02 Å². The van der Waals surface area contributed by atoms with E-state index in [0.717, 1.165) is 35.8 Å². The van der Waals surface area contributed by atoms with Gasteiger partial charge in [-0.3, -0.25) is 0 Å². The predicted octanol–water partition coefficient (Wildman–Crippen LogP) is 4.80. The topological polar surface area (TPSA) is 58.2 Å². The van der Waals surface area contributed by atoms with E-state index in [9.17, 15) is 8.42 Å². The lowest BCUT2D eigenvalue weighted by Gasteiger charge is -2.33. The van der Waals surface area contributed by atoms with Crippen LogP contribution in [0, 0.1) is 0 Å². The lowest BCUT2D eigenvalue weighted by atomic mass is 9.91. The van der Waals surface area contributed by atoms with Gasteiger partial charge in [0, 0.05) is 27.3 Å². The largest absolute Gasteiger partial charge is 0.381 e. The Morgan fingerprint density at radius 3 is 2.16 bits per heavy atom. The highest BCUT2D eigenvalue weighted by Gasteiger charge is 2.29. The molecule has 0 amide bonds. The first-order chi connectivity index (χ1) is 11.9. The summed E-state index contributed by atoms with van der Waals surface area (Å²) in [7, 11) is -3.56. The summed E-state index contributed by atoms with van der Waals surface area (Å²) >= 11 is 9.27. The van der Waals surface area contributed by atoms with Crippen LogP contribution in [0.5, 0.6) is 0 Å². The van der Waals surface area contributed by atoms with Crippen molar-refractivity contribution in [3.05, 3.63) is 58.0 Å². The standard InChI is InChI=1S/C18H20BrClN2O2S/c19-13-5-9-15(10-6-13)21-17-3-1-2-4-18(17)22-25(23,24)16-11-7-14(20)8-12-16/h5-12,17-18,21-22H,1-4H2/t17-,18+/m0/s1. The molecule has 1 fully saturated rings. The Balaban J connectivity index is 1.74. The summed E-state index contributed by atoms with van der Waals surface area (Å²) in [6, 6.07) is 14.1. The van der Waals surface area contributed by atoms with Gasteiger partial charge in [0.1, 0.15) is 0 Å². The fraction of sp³-hybridized carbons (Fsp3) is 0.333. The van der Waals surface area contributed by atoms with Gasteiger partial charge in [0.15, 0.2) is 0 Å². The highest BCUT2D eigenvalue weighted by atomic mass is 79.9. The van der Waals surface area contributed by atoms with E-state index < -0.39 is 10.0 Å². The lowest BCUT2D eigenvalue weighted by Crippen LogP contribution is -2.48. The molecule has 0 bridgehead atoms. The number of hydrogen-bond donors (Lipinski definition) is 2. The summed E-state index contributed by atoms with van der Waals surface area (Å²) in [5.74, 6) is 0. The van der Waals surface area contributed by atoms with Crippen molar-refractivity contribution in [2.45, 2.75) is 42.7 Å². The van der Waals surface area contributed by atoms with E-state index in [1.165, 1.54) is 12.1 Å². The Hall–Kier alpha value is -1.08. The van der Waals surface area contributed by atoms with Gasteiger partial charge in [-0.05, 0) is 61.4 Å². The summed E-state index contributed by atoms with van der Waals surface area (Å²) in [5.41, 5.74) is 0.991. The third-order valence-electron chi connectivity index (χ3n) is 4.39. The smallest absolute Gasteiger partial charge is 0.240 e. The number of nitrogens with one attached hydrogen (secondary N) is 2.